The van der Waals surface area contributed by atoms with Crippen LogP contribution in [0, 0.1) is 0 Å². The van der Waals surface area contributed by atoms with Crippen LogP contribution in [0.3, 0.4) is 0 Å². The van der Waals surface area contributed by atoms with Gasteiger partial charge in [-0.05, 0) is 39.2 Å². The molecular formula is C24H31ClN6O5S. The van der Waals surface area contributed by atoms with E-state index in [9.17, 15) is 8.42 Å². The van der Waals surface area contributed by atoms with Gasteiger partial charge in [-0.1, -0.05) is 17.7 Å². The molecule has 4 rings (SSSR count). The molecule has 11 nitrogen and oxygen atoms in total. The minimum Gasteiger partial charge on any atom is -0.481 e. The standard InChI is InChI=1S/C24H31ClN6O5S/c1-15(19-9-5-6-11-36-19)31-20(29-30-24(31)18-8-7-10-21(28-18)34-3)14-37(32,33)16(2)22(35-4)23-26-12-17(25)13-27-23/h7-8,10,12-13,15-16,19,22H,5-6,9,11,14H2,1-4H3/t15-,16-,19+,22-/m0/s1. The number of sulfone groups is 1. The zero-order valence-corrected chi connectivity index (χ0v) is 22.8. The Morgan fingerprint density at radius 3 is 2.57 bits per heavy atom. The first kappa shape index (κ1) is 27.4. The van der Waals surface area contributed by atoms with Gasteiger partial charge < -0.3 is 18.8 Å². The van der Waals surface area contributed by atoms with Gasteiger partial charge in [0.2, 0.25) is 5.88 Å². The van der Waals surface area contributed by atoms with Gasteiger partial charge in [-0.3, -0.25) is 0 Å². The van der Waals surface area contributed by atoms with E-state index in [-0.39, 0.29) is 23.7 Å². The van der Waals surface area contributed by atoms with Crippen molar-refractivity contribution in [3.8, 4) is 17.4 Å². The summed E-state index contributed by atoms with van der Waals surface area (Å²) in [7, 11) is -0.843. The van der Waals surface area contributed by atoms with Gasteiger partial charge >= 0.3 is 0 Å². The van der Waals surface area contributed by atoms with Crippen molar-refractivity contribution in [1.29, 1.82) is 0 Å². The third-order valence-corrected chi connectivity index (χ3v) is 8.80. The van der Waals surface area contributed by atoms with Crippen LogP contribution in [0.4, 0.5) is 0 Å². The zero-order chi connectivity index (χ0) is 26.6. The molecule has 0 unspecified atom stereocenters. The molecule has 4 heterocycles. The Balaban J connectivity index is 1.70. The maximum Gasteiger partial charge on any atom is 0.213 e. The Morgan fingerprint density at radius 1 is 1.16 bits per heavy atom. The number of halogens is 1. The van der Waals surface area contributed by atoms with Crippen LogP contribution in [0.2, 0.25) is 5.02 Å². The van der Waals surface area contributed by atoms with Crippen LogP contribution in [-0.4, -0.2) is 70.3 Å². The number of pyridine rings is 1. The predicted octanol–water partition coefficient (Wildman–Crippen LogP) is 3.61. The van der Waals surface area contributed by atoms with Crippen LogP contribution < -0.4 is 4.74 Å². The quantitative estimate of drug-likeness (QED) is 0.368. The summed E-state index contributed by atoms with van der Waals surface area (Å²) < 4.78 is 45.9. The maximum atomic E-state index is 13.6. The lowest BCUT2D eigenvalue weighted by Gasteiger charge is -2.30. The summed E-state index contributed by atoms with van der Waals surface area (Å²) in [4.78, 5) is 12.8. The van der Waals surface area contributed by atoms with Crippen LogP contribution in [0.25, 0.3) is 11.5 Å². The normalized spacial score (nSPS) is 18.8. The van der Waals surface area contributed by atoms with Crippen LogP contribution >= 0.6 is 11.6 Å². The van der Waals surface area contributed by atoms with E-state index in [2.05, 4.69) is 25.1 Å². The van der Waals surface area contributed by atoms with E-state index in [1.807, 2.05) is 11.5 Å². The number of hydrogen-bond acceptors (Lipinski definition) is 10. The Hall–Kier alpha value is -2.67. The van der Waals surface area contributed by atoms with Crippen LogP contribution in [0.1, 0.15) is 56.9 Å². The molecule has 1 aliphatic heterocycles. The first-order valence-electron chi connectivity index (χ1n) is 12.0. The number of rotatable bonds is 10. The highest BCUT2D eigenvalue weighted by Gasteiger charge is 2.36. The molecule has 4 atom stereocenters. The Bertz CT molecular complexity index is 1300. The molecule has 0 saturated carbocycles. The molecule has 3 aromatic rings. The smallest absolute Gasteiger partial charge is 0.213 e. The first-order chi connectivity index (χ1) is 17.7. The number of aromatic nitrogens is 6. The van der Waals surface area contributed by atoms with Gasteiger partial charge in [-0.15, -0.1) is 10.2 Å². The van der Waals surface area contributed by atoms with Crippen molar-refractivity contribution in [3.63, 3.8) is 0 Å². The average Bonchev–Trinajstić information content (AvgIpc) is 3.32. The van der Waals surface area contributed by atoms with Crippen LogP contribution in [-0.2, 0) is 25.1 Å². The average molecular weight is 551 g/mol. The number of nitrogens with zero attached hydrogens (tertiary/aromatic N) is 6. The van der Waals surface area contributed by atoms with Crippen molar-refractivity contribution in [2.24, 2.45) is 0 Å². The summed E-state index contributed by atoms with van der Waals surface area (Å²) in [5.74, 6) is 1.02. The fourth-order valence-corrected chi connectivity index (χ4v) is 5.99. The molecule has 200 valence electrons. The second kappa shape index (κ2) is 11.8. The highest BCUT2D eigenvalue weighted by molar-refractivity contribution is 7.91. The third kappa shape index (κ3) is 6.08. The molecule has 0 spiro atoms. The molecule has 0 radical (unpaired) electrons. The van der Waals surface area contributed by atoms with Crippen molar-refractivity contribution < 1.29 is 22.6 Å². The van der Waals surface area contributed by atoms with E-state index in [0.717, 1.165) is 19.3 Å². The minimum absolute atomic E-state index is 0.109. The van der Waals surface area contributed by atoms with Gasteiger partial charge in [0, 0.05) is 32.2 Å². The van der Waals surface area contributed by atoms with Crippen LogP contribution in [0.15, 0.2) is 30.6 Å². The summed E-state index contributed by atoms with van der Waals surface area (Å²) in [5.41, 5.74) is 0.524. The van der Waals surface area contributed by atoms with Crippen molar-refractivity contribution in [3.05, 3.63) is 47.3 Å². The molecular weight excluding hydrogens is 520 g/mol. The summed E-state index contributed by atoms with van der Waals surface area (Å²) in [6.07, 6.45) is 4.70. The summed E-state index contributed by atoms with van der Waals surface area (Å²) in [6, 6.07) is 5.10. The maximum absolute atomic E-state index is 13.6. The Morgan fingerprint density at radius 2 is 1.92 bits per heavy atom. The molecule has 13 heteroatoms. The van der Waals surface area contributed by atoms with Crippen LogP contribution in [0.5, 0.6) is 5.88 Å². The molecule has 1 aliphatic rings. The number of hydrogen-bond donors (Lipinski definition) is 0. The van der Waals surface area contributed by atoms with Crippen molar-refractivity contribution >= 4 is 21.4 Å². The second-order valence-electron chi connectivity index (χ2n) is 8.95. The van der Waals surface area contributed by atoms with Gasteiger partial charge in [0.25, 0.3) is 0 Å². The Labute approximate surface area is 221 Å². The number of methoxy groups -OCH3 is 2. The van der Waals surface area contributed by atoms with Crippen molar-refractivity contribution in [1.82, 2.24) is 29.7 Å². The topological polar surface area (TPSA) is 131 Å². The lowest BCUT2D eigenvalue weighted by molar-refractivity contribution is -0.0125. The summed E-state index contributed by atoms with van der Waals surface area (Å²) in [5, 5.41) is 8.05. The zero-order valence-electron chi connectivity index (χ0n) is 21.2. The fraction of sp³-hybridized carbons (Fsp3) is 0.542. The molecule has 0 amide bonds. The molecule has 0 aromatic carbocycles. The largest absolute Gasteiger partial charge is 0.481 e. The predicted molar refractivity (Wildman–Crippen MR) is 137 cm³/mol. The molecule has 1 saturated heterocycles. The molecule has 3 aromatic heterocycles. The van der Waals surface area contributed by atoms with E-state index < -0.39 is 21.2 Å². The highest BCUT2D eigenvalue weighted by Crippen LogP contribution is 2.32. The lowest BCUT2D eigenvalue weighted by atomic mass is 10.0. The molecule has 1 fully saturated rings. The van der Waals surface area contributed by atoms with Crippen molar-refractivity contribution in [2.45, 2.75) is 62.4 Å². The van der Waals surface area contributed by atoms with Gasteiger partial charge in [0.1, 0.15) is 23.4 Å². The number of ether oxygens (including phenoxy) is 3. The van der Waals surface area contributed by atoms with E-state index >= 15 is 0 Å². The van der Waals surface area contributed by atoms with Gasteiger partial charge in [-0.25, -0.2) is 23.4 Å². The van der Waals surface area contributed by atoms with E-state index in [1.54, 1.807) is 25.1 Å². The highest BCUT2D eigenvalue weighted by atomic mass is 35.5. The second-order valence-corrected chi connectivity index (χ2v) is 11.7. The van der Waals surface area contributed by atoms with Crippen molar-refractivity contribution in [2.75, 3.05) is 20.8 Å². The van der Waals surface area contributed by atoms with Gasteiger partial charge in [0.15, 0.2) is 21.5 Å². The monoisotopic (exact) mass is 550 g/mol. The van der Waals surface area contributed by atoms with E-state index in [1.165, 1.54) is 26.6 Å². The lowest BCUT2D eigenvalue weighted by Crippen LogP contribution is -2.32. The molecule has 37 heavy (non-hydrogen) atoms. The first-order valence-corrected chi connectivity index (χ1v) is 14.1. The fourth-order valence-electron chi connectivity index (χ4n) is 4.47. The van der Waals surface area contributed by atoms with E-state index in [0.29, 0.717) is 34.9 Å². The molecule has 0 aliphatic carbocycles. The summed E-state index contributed by atoms with van der Waals surface area (Å²) >= 11 is 5.89. The molecule has 0 bridgehead atoms. The third-order valence-electron chi connectivity index (χ3n) is 6.56. The van der Waals surface area contributed by atoms with E-state index in [4.69, 9.17) is 25.8 Å². The van der Waals surface area contributed by atoms with Gasteiger partial charge in [0.05, 0.1) is 29.5 Å². The van der Waals surface area contributed by atoms with Gasteiger partial charge in [-0.2, -0.15) is 0 Å². The Kier molecular flexibility index (Phi) is 8.73. The SMILES string of the molecule is COc1cccc(-c2nnc(CS(=O)(=O)[C@@H](C)[C@H](OC)c3ncc(Cl)cn3)n2[C@@H](C)[C@H]2CCCCO2)n1. The minimum atomic E-state index is -3.80. The molecule has 0 N–H and O–H groups in total. The summed E-state index contributed by atoms with van der Waals surface area (Å²) in [6.45, 7) is 4.22.